The molecule has 1 aromatic carbocycles. The van der Waals surface area contributed by atoms with Crippen LogP contribution in [0.3, 0.4) is 0 Å². The Bertz CT molecular complexity index is 724. The van der Waals surface area contributed by atoms with Crippen LogP contribution >= 0.6 is 0 Å². The topological polar surface area (TPSA) is 102 Å². The number of aliphatic carboxylic acids is 1. The number of hydrogen-bond acceptors (Lipinski definition) is 7. The number of aromatic nitrogens is 3. The molecule has 0 amide bonds. The van der Waals surface area contributed by atoms with Crippen LogP contribution in [0, 0.1) is 11.7 Å². The van der Waals surface area contributed by atoms with Gasteiger partial charge in [-0.15, -0.1) is 5.10 Å². The number of carbonyl (C=O) groups excluding carboxylic acids is 1. The van der Waals surface area contributed by atoms with Gasteiger partial charge in [-0.3, -0.25) is 0 Å². The van der Waals surface area contributed by atoms with Gasteiger partial charge in [0, 0.05) is 18.7 Å². The van der Waals surface area contributed by atoms with Crippen LogP contribution < -0.4 is 39.6 Å². The third-order valence-corrected chi connectivity index (χ3v) is 4.20. The smallest absolute Gasteiger partial charge is 0.547 e. The maximum absolute atomic E-state index is 13.0. The number of aliphatic hydroxyl groups is 1. The molecule has 1 aliphatic heterocycles. The zero-order valence-electron chi connectivity index (χ0n) is 13.8. The van der Waals surface area contributed by atoms with Crippen molar-refractivity contribution in [2.75, 3.05) is 18.0 Å². The summed E-state index contributed by atoms with van der Waals surface area (Å²) in [6.07, 6.45) is 1.05. The first-order valence-corrected chi connectivity index (χ1v) is 7.64. The van der Waals surface area contributed by atoms with Gasteiger partial charge in [0.2, 0.25) is 5.95 Å². The summed E-state index contributed by atoms with van der Waals surface area (Å²) in [4.78, 5) is 17.1. The fourth-order valence-corrected chi connectivity index (χ4v) is 2.80. The number of hydrogen-bond donors (Lipinski definition) is 1. The predicted molar refractivity (Wildman–Crippen MR) is 81.2 cm³/mol. The minimum atomic E-state index is -1.45. The second-order valence-corrected chi connectivity index (χ2v) is 5.74. The Hall–Kier alpha value is -1.61. The fourth-order valence-electron chi connectivity index (χ4n) is 2.80. The number of anilines is 1. The molecule has 25 heavy (non-hydrogen) atoms. The number of halogens is 1. The minimum Gasteiger partial charge on any atom is -0.547 e. The molecular formula is C16H16FN4NaO3. The molecule has 1 N–H and O–H groups in total. The molecule has 2 heterocycles. The molecule has 9 heteroatoms. The molecule has 1 fully saturated rings. The molecule has 0 radical (unpaired) electrons. The van der Waals surface area contributed by atoms with Crippen LogP contribution in [0.1, 0.15) is 12.8 Å². The number of benzene rings is 1. The number of rotatable bonds is 4. The molecule has 0 saturated carbocycles. The first-order valence-electron chi connectivity index (χ1n) is 7.64. The van der Waals surface area contributed by atoms with E-state index in [0.717, 1.165) is 5.56 Å². The van der Waals surface area contributed by atoms with E-state index in [1.165, 1.54) is 18.3 Å². The van der Waals surface area contributed by atoms with Gasteiger partial charge in [0.15, 0.2) is 0 Å². The number of carboxylic acids is 1. The average Bonchev–Trinajstić information content (AvgIpc) is 2.62. The van der Waals surface area contributed by atoms with E-state index < -0.39 is 12.1 Å². The summed E-state index contributed by atoms with van der Waals surface area (Å²) in [6, 6.07) is 5.94. The molecule has 1 atom stereocenters. The predicted octanol–water partition coefficient (Wildman–Crippen LogP) is -2.99. The van der Waals surface area contributed by atoms with Crippen LogP contribution in [0.4, 0.5) is 10.3 Å². The van der Waals surface area contributed by atoms with Crippen LogP contribution in [-0.2, 0) is 4.79 Å². The molecule has 0 bridgehead atoms. The van der Waals surface area contributed by atoms with E-state index in [-0.39, 0.29) is 41.3 Å². The van der Waals surface area contributed by atoms with Crippen molar-refractivity contribution < 1.29 is 49.0 Å². The summed E-state index contributed by atoms with van der Waals surface area (Å²) in [5.74, 6) is -1.67. The Morgan fingerprint density at radius 3 is 2.52 bits per heavy atom. The zero-order chi connectivity index (χ0) is 17.1. The van der Waals surface area contributed by atoms with E-state index in [1.807, 2.05) is 4.90 Å². The van der Waals surface area contributed by atoms with Crippen molar-refractivity contribution in [1.29, 1.82) is 0 Å². The number of piperidine rings is 1. The van der Waals surface area contributed by atoms with Crippen LogP contribution in [0.2, 0.25) is 0 Å². The summed E-state index contributed by atoms with van der Waals surface area (Å²) < 4.78 is 13.0. The van der Waals surface area contributed by atoms with Crippen LogP contribution in [0.15, 0.2) is 30.5 Å². The number of carbonyl (C=O) groups is 1. The van der Waals surface area contributed by atoms with Crippen molar-refractivity contribution in [3.05, 3.63) is 36.3 Å². The first kappa shape index (κ1) is 19.7. The first-order chi connectivity index (χ1) is 11.5. The van der Waals surface area contributed by atoms with Gasteiger partial charge in [0.25, 0.3) is 0 Å². The van der Waals surface area contributed by atoms with E-state index in [1.54, 1.807) is 12.1 Å². The third-order valence-electron chi connectivity index (χ3n) is 4.20. The Labute approximate surface area is 166 Å². The van der Waals surface area contributed by atoms with E-state index in [2.05, 4.69) is 15.2 Å². The standard InChI is InChI=1S/C16H17FN4O3.Na/c17-12-3-1-10(2-4-12)13-9-18-20-16(19-13)21-7-5-11(6-8-21)14(22)15(23)24;/h1-4,9,11,14,22H,5-8H2,(H,23,24);/q;+1/p-1. The molecule has 1 aromatic heterocycles. The van der Waals surface area contributed by atoms with Crippen LogP contribution in [0.5, 0.6) is 0 Å². The van der Waals surface area contributed by atoms with Gasteiger partial charge in [0.1, 0.15) is 5.82 Å². The molecule has 7 nitrogen and oxygen atoms in total. The molecule has 0 spiro atoms. The average molecular weight is 354 g/mol. The molecular weight excluding hydrogens is 338 g/mol. The minimum absolute atomic E-state index is 0. The Kier molecular flexibility index (Phi) is 6.83. The van der Waals surface area contributed by atoms with E-state index >= 15 is 0 Å². The molecule has 1 aliphatic rings. The van der Waals surface area contributed by atoms with Gasteiger partial charge in [-0.1, -0.05) is 0 Å². The van der Waals surface area contributed by atoms with E-state index in [4.69, 9.17) is 0 Å². The van der Waals surface area contributed by atoms with Gasteiger partial charge in [0.05, 0.1) is 24.0 Å². The Balaban J connectivity index is 0.00000225. The van der Waals surface area contributed by atoms with Crippen molar-refractivity contribution in [3.8, 4) is 11.3 Å². The second kappa shape index (κ2) is 8.66. The number of aliphatic hydroxyl groups excluding tert-OH is 1. The molecule has 2 aromatic rings. The number of nitrogens with zero attached hydrogens (tertiary/aromatic N) is 4. The van der Waals surface area contributed by atoms with Gasteiger partial charge < -0.3 is 19.9 Å². The summed E-state index contributed by atoms with van der Waals surface area (Å²) in [7, 11) is 0. The van der Waals surface area contributed by atoms with Gasteiger partial charge >= 0.3 is 29.6 Å². The van der Waals surface area contributed by atoms with Gasteiger partial charge in [-0.25, -0.2) is 9.37 Å². The zero-order valence-corrected chi connectivity index (χ0v) is 15.8. The van der Waals surface area contributed by atoms with Crippen LogP contribution in [-0.4, -0.2) is 45.5 Å². The summed E-state index contributed by atoms with van der Waals surface area (Å²) in [5, 5.41) is 28.3. The van der Waals surface area contributed by atoms with E-state index in [9.17, 15) is 19.4 Å². The monoisotopic (exact) mass is 354 g/mol. The molecule has 1 unspecified atom stereocenters. The van der Waals surface area contributed by atoms with Gasteiger partial charge in [-0.2, -0.15) is 5.10 Å². The normalized spacial score (nSPS) is 16.2. The van der Waals surface area contributed by atoms with Crippen molar-refractivity contribution in [1.82, 2.24) is 15.2 Å². The van der Waals surface area contributed by atoms with Crippen molar-refractivity contribution in [2.45, 2.75) is 18.9 Å². The Morgan fingerprint density at radius 2 is 1.92 bits per heavy atom. The molecule has 0 aliphatic carbocycles. The quantitative estimate of drug-likeness (QED) is 0.584. The molecule has 1 saturated heterocycles. The van der Waals surface area contributed by atoms with Crippen molar-refractivity contribution >= 4 is 11.9 Å². The summed E-state index contributed by atoms with van der Waals surface area (Å²) in [6.45, 7) is 1.03. The summed E-state index contributed by atoms with van der Waals surface area (Å²) >= 11 is 0. The second-order valence-electron chi connectivity index (χ2n) is 5.74. The molecule has 126 valence electrons. The Morgan fingerprint density at radius 1 is 1.28 bits per heavy atom. The molecule has 3 rings (SSSR count). The fraction of sp³-hybridized carbons (Fsp3) is 0.375. The number of carboxylic acid groups (broad SMARTS) is 1. The maximum Gasteiger partial charge on any atom is 1.00 e. The third kappa shape index (κ3) is 4.72. The SMILES string of the molecule is O=C([O-])C(O)C1CCN(c2nncc(-c3ccc(F)cc3)n2)CC1.[Na+]. The van der Waals surface area contributed by atoms with Crippen molar-refractivity contribution in [3.63, 3.8) is 0 Å². The summed E-state index contributed by atoms with van der Waals surface area (Å²) in [5.41, 5.74) is 1.31. The largest absolute Gasteiger partial charge is 1.00 e. The van der Waals surface area contributed by atoms with Gasteiger partial charge in [-0.05, 0) is 43.0 Å². The van der Waals surface area contributed by atoms with Crippen LogP contribution in [0.25, 0.3) is 11.3 Å². The van der Waals surface area contributed by atoms with Crippen molar-refractivity contribution in [2.24, 2.45) is 5.92 Å². The maximum atomic E-state index is 13.0. The van der Waals surface area contributed by atoms with E-state index in [0.29, 0.717) is 37.6 Å².